The second kappa shape index (κ2) is 6.22. The number of hydrogen-bond donors (Lipinski definition) is 2. The van der Waals surface area contributed by atoms with Gasteiger partial charge in [-0.15, -0.1) is 0 Å². The summed E-state index contributed by atoms with van der Waals surface area (Å²) in [5.41, 5.74) is 2.26. The Balaban J connectivity index is 2.06. The van der Waals surface area contributed by atoms with E-state index < -0.39 is 10.0 Å². The smallest absolute Gasteiger partial charge is 0.240 e. The van der Waals surface area contributed by atoms with Crippen LogP contribution in [0.15, 0.2) is 23.1 Å². The molecule has 20 heavy (non-hydrogen) atoms. The standard InChI is InChI=1S/C14H23N3O2S/c1-11(6-7-17(2)3)16-20(18,19)14-5-4-12-9-15-10-13(12)8-14/h4-5,8,11,15-16H,6-7,9-10H2,1-3H3. The quantitative estimate of drug-likeness (QED) is 0.819. The molecule has 5 nitrogen and oxygen atoms in total. The SMILES string of the molecule is CC(CCN(C)C)NS(=O)(=O)c1ccc2c(c1)CNC2. The minimum absolute atomic E-state index is 0.0752. The number of hydrogen-bond acceptors (Lipinski definition) is 4. The summed E-state index contributed by atoms with van der Waals surface area (Å²) in [6.07, 6.45) is 0.790. The molecule has 112 valence electrons. The summed E-state index contributed by atoms with van der Waals surface area (Å²) in [6, 6.07) is 5.28. The van der Waals surface area contributed by atoms with Gasteiger partial charge in [-0.1, -0.05) is 6.07 Å². The van der Waals surface area contributed by atoms with Crippen molar-refractivity contribution in [2.75, 3.05) is 20.6 Å². The molecule has 0 aliphatic carbocycles. The van der Waals surface area contributed by atoms with Gasteiger partial charge in [-0.05, 0) is 57.2 Å². The molecule has 6 heteroatoms. The van der Waals surface area contributed by atoms with Crippen molar-refractivity contribution in [2.24, 2.45) is 0 Å². The molecule has 0 radical (unpaired) electrons. The fourth-order valence-electron chi connectivity index (χ4n) is 2.28. The lowest BCUT2D eigenvalue weighted by molar-refractivity contribution is 0.379. The van der Waals surface area contributed by atoms with Crippen LogP contribution >= 0.6 is 0 Å². The minimum Gasteiger partial charge on any atom is -0.309 e. The van der Waals surface area contributed by atoms with Crippen LogP contribution in [0, 0.1) is 0 Å². The highest BCUT2D eigenvalue weighted by atomic mass is 32.2. The molecule has 1 unspecified atom stereocenters. The van der Waals surface area contributed by atoms with E-state index >= 15 is 0 Å². The Morgan fingerprint density at radius 1 is 1.30 bits per heavy atom. The fraction of sp³-hybridized carbons (Fsp3) is 0.571. The monoisotopic (exact) mass is 297 g/mol. The highest BCUT2D eigenvalue weighted by molar-refractivity contribution is 7.89. The Labute approximate surface area is 121 Å². The first-order chi connectivity index (χ1) is 9.38. The summed E-state index contributed by atoms with van der Waals surface area (Å²) in [5, 5.41) is 3.22. The topological polar surface area (TPSA) is 61.4 Å². The Morgan fingerprint density at radius 2 is 2.00 bits per heavy atom. The largest absolute Gasteiger partial charge is 0.309 e. The van der Waals surface area contributed by atoms with E-state index in [2.05, 4.69) is 10.0 Å². The van der Waals surface area contributed by atoms with Gasteiger partial charge >= 0.3 is 0 Å². The molecule has 2 rings (SSSR count). The summed E-state index contributed by atoms with van der Waals surface area (Å²) in [4.78, 5) is 2.41. The highest BCUT2D eigenvalue weighted by Crippen LogP contribution is 2.20. The van der Waals surface area contributed by atoms with Gasteiger partial charge in [-0.25, -0.2) is 13.1 Å². The maximum atomic E-state index is 12.3. The zero-order valence-electron chi connectivity index (χ0n) is 12.3. The predicted octanol–water partition coefficient (Wildman–Crippen LogP) is 0.908. The first kappa shape index (κ1) is 15.4. The number of fused-ring (bicyclic) bond motifs is 1. The normalized spacial score (nSPS) is 16.4. The van der Waals surface area contributed by atoms with Gasteiger partial charge in [0, 0.05) is 19.1 Å². The molecule has 1 aromatic rings. The summed E-state index contributed by atoms with van der Waals surface area (Å²) >= 11 is 0. The van der Waals surface area contributed by atoms with Gasteiger partial charge in [0.2, 0.25) is 10.0 Å². The number of sulfonamides is 1. The Hall–Kier alpha value is -0.950. The van der Waals surface area contributed by atoms with E-state index in [0.29, 0.717) is 4.90 Å². The van der Waals surface area contributed by atoms with Crippen LogP contribution in [0.5, 0.6) is 0 Å². The van der Waals surface area contributed by atoms with E-state index in [4.69, 9.17) is 0 Å². The van der Waals surface area contributed by atoms with Crippen LogP contribution in [-0.2, 0) is 23.1 Å². The molecule has 1 aliphatic heterocycles. The van der Waals surface area contributed by atoms with Crippen LogP contribution < -0.4 is 10.0 Å². The van der Waals surface area contributed by atoms with Crippen molar-refractivity contribution in [1.29, 1.82) is 0 Å². The summed E-state index contributed by atoms with van der Waals surface area (Å²) in [5.74, 6) is 0. The van der Waals surface area contributed by atoms with E-state index in [1.165, 1.54) is 5.56 Å². The first-order valence-corrected chi connectivity index (χ1v) is 8.36. The molecule has 0 amide bonds. The van der Waals surface area contributed by atoms with Gasteiger partial charge in [0.15, 0.2) is 0 Å². The van der Waals surface area contributed by atoms with Crippen molar-refractivity contribution in [1.82, 2.24) is 14.9 Å². The third-order valence-corrected chi connectivity index (χ3v) is 5.07. The highest BCUT2D eigenvalue weighted by Gasteiger charge is 2.20. The number of rotatable bonds is 6. The van der Waals surface area contributed by atoms with Gasteiger partial charge in [0.05, 0.1) is 4.90 Å². The van der Waals surface area contributed by atoms with Crippen molar-refractivity contribution in [2.45, 2.75) is 37.4 Å². The van der Waals surface area contributed by atoms with Crippen LogP contribution in [-0.4, -0.2) is 40.0 Å². The Bertz CT molecular complexity index is 570. The summed E-state index contributed by atoms with van der Waals surface area (Å²) in [7, 11) is 0.536. The molecule has 0 bridgehead atoms. The van der Waals surface area contributed by atoms with Crippen LogP contribution in [0.1, 0.15) is 24.5 Å². The molecule has 1 atom stereocenters. The summed E-state index contributed by atoms with van der Waals surface area (Å²) < 4.78 is 27.4. The molecule has 0 saturated carbocycles. The number of nitrogens with one attached hydrogen (secondary N) is 2. The second-order valence-electron chi connectivity index (χ2n) is 5.65. The van der Waals surface area contributed by atoms with Gasteiger partial charge in [-0.3, -0.25) is 0 Å². The maximum Gasteiger partial charge on any atom is 0.240 e. The molecule has 0 fully saturated rings. The van der Waals surface area contributed by atoms with Gasteiger partial charge in [-0.2, -0.15) is 0 Å². The molecule has 1 aromatic carbocycles. The summed E-state index contributed by atoms with van der Waals surface area (Å²) in [6.45, 7) is 4.32. The van der Waals surface area contributed by atoms with Crippen molar-refractivity contribution < 1.29 is 8.42 Å². The van der Waals surface area contributed by atoms with Crippen LogP contribution in [0.3, 0.4) is 0 Å². The maximum absolute atomic E-state index is 12.3. The molecular formula is C14H23N3O2S. The third-order valence-electron chi connectivity index (χ3n) is 3.48. The lowest BCUT2D eigenvalue weighted by Crippen LogP contribution is -2.34. The predicted molar refractivity (Wildman–Crippen MR) is 79.9 cm³/mol. The zero-order valence-corrected chi connectivity index (χ0v) is 13.1. The zero-order chi connectivity index (χ0) is 14.8. The minimum atomic E-state index is -3.43. The lowest BCUT2D eigenvalue weighted by Gasteiger charge is -2.17. The van der Waals surface area contributed by atoms with Crippen molar-refractivity contribution in [3.63, 3.8) is 0 Å². The average molecular weight is 297 g/mol. The van der Waals surface area contributed by atoms with Crippen LogP contribution in [0.4, 0.5) is 0 Å². The van der Waals surface area contributed by atoms with Crippen molar-refractivity contribution in [3.8, 4) is 0 Å². The number of nitrogens with zero attached hydrogens (tertiary/aromatic N) is 1. The molecular weight excluding hydrogens is 274 g/mol. The van der Waals surface area contributed by atoms with E-state index in [1.807, 2.05) is 32.0 Å². The van der Waals surface area contributed by atoms with Crippen LogP contribution in [0.25, 0.3) is 0 Å². The van der Waals surface area contributed by atoms with E-state index in [-0.39, 0.29) is 6.04 Å². The lowest BCUT2D eigenvalue weighted by atomic mass is 10.1. The van der Waals surface area contributed by atoms with Crippen LogP contribution in [0.2, 0.25) is 0 Å². The van der Waals surface area contributed by atoms with Crippen molar-refractivity contribution >= 4 is 10.0 Å². The van der Waals surface area contributed by atoms with E-state index in [1.54, 1.807) is 12.1 Å². The second-order valence-corrected chi connectivity index (χ2v) is 7.36. The Kier molecular flexibility index (Phi) is 4.80. The van der Waals surface area contributed by atoms with Crippen molar-refractivity contribution in [3.05, 3.63) is 29.3 Å². The molecule has 2 N–H and O–H groups in total. The Morgan fingerprint density at radius 3 is 2.70 bits per heavy atom. The first-order valence-electron chi connectivity index (χ1n) is 6.88. The van der Waals surface area contributed by atoms with Gasteiger partial charge in [0.25, 0.3) is 0 Å². The van der Waals surface area contributed by atoms with E-state index in [0.717, 1.165) is 31.6 Å². The van der Waals surface area contributed by atoms with Gasteiger partial charge in [0.1, 0.15) is 0 Å². The number of benzene rings is 1. The molecule has 0 spiro atoms. The molecule has 1 heterocycles. The fourth-order valence-corrected chi connectivity index (χ4v) is 3.61. The van der Waals surface area contributed by atoms with Gasteiger partial charge < -0.3 is 10.2 Å². The molecule has 0 aromatic heterocycles. The molecule has 0 saturated heterocycles. The van der Waals surface area contributed by atoms with E-state index in [9.17, 15) is 8.42 Å². The molecule has 1 aliphatic rings. The average Bonchev–Trinajstić information content (AvgIpc) is 2.83. The third kappa shape index (κ3) is 3.79.